The zero-order valence-electron chi connectivity index (χ0n) is 10.2. The summed E-state index contributed by atoms with van der Waals surface area (Å²) in [5, 5.41) is 0. The molecular weight excluding hydrogens is 244 g/mol. The average Bonchev–Trinajstić information content (AvgIpc) is 2.28. The number of esters is 1. The van der Waals surface area contributed by atoms with E-state index in [1.807, 2.05) is 0 Å². The minimum absolute atomic E-state index is 0.128. The lowest BCUT2D eigenvalue weighted by Crippen LogP contribution is -2.25. The van der Waals surface area contributed by atoms with E-state index in [4.69, 9.17) is 10.5 Å². The number of hydrogen-bond acceptors (Lipinski definition) is 5. The number of aromatic nitrogens is 1. The number of halogens is 2. The smallest absolute Gasteiger partial charge is 0.340 e. The second kappa shape index (κ2) is 6.13. The van der Waals surface area contributed by atoms with Crippen LogP contribution in [0.2, 0.25) is 0 Å². The maximum absolute atomic E-state index is 12.2. The van der Waals surface area contributed by atoms with Crippen molar-refractivity contribution in [2.45, 2.75) is 13.3 Å². The fourth-order valence-corrected chi connectivity index (χ4v) is 1.35. The monoisotopic (exact) mass is 259 g/mol. The van der Waals surface area contributed by atoms with Gasteiger partial charge in [0.1, 0.15) is 5.82 Å². The highest BCUT2D eigenvalue weighted by Gasteiger charge is 2.15. The highest BCUT2D eigenvalue weighted by molar-refractivity contribution is 5.95. The molecule has 0 aromatic carbocycles. The molecule has 0 aliphatic heterocycles. The van der Waals surface area contributed by atoms with Gasteiger partial charge in [0.15, 0.2) is 0 Å². The summed E-state index contributed by atoms with van der Waals surface area (Å²) in [5.74, 6) is -0.350. The number of nitrogen functional groups attached to an aromatic ring is 1. The van der Waals surface area contributed by atoms with Crippen molar-refractivity contribution in [3.8, 4) is 0 Å². The average molecular weight is 259 g/mol. The summed E-state index contributed by atoms with van der Waals surface area (Å²) in [4.78, 5) is 16.7. The standard InChI is InChI=1S/C11H15F2N3O2/c1-3-18-11(17)7-4-10(15-5-8(7)14)16(2)6-9(12)13/h4-5,9H,3,6,14H2,1-2H3. The quantitative estimate of drug-likeness (QED) is 0.812. The van der Waals surface area contributed by atoms with E-state index in [2.05, 4.69) is 4.98 Å². The summed E-state index contributed by atoms with van der Waals surface area (Å²) in [7, 11) is 1.46. The minimum atomic E-state index is -2.49. The van der Waals surface area contributed by atoms with Crippen LogP contribution in [-0.4, -0.2) is 37.6 Å². The second-order valence-corrected chi connectivity index (χ2v) is 3.62. The van der Waals surface area contributed by atoms with Gasteiger partial charge in [0, 0.05) is 7.05 Å². The fraction of sp³-hybridized carbons (Fsp3) is 0.455. The number of pyridine rings is 1. The van der Waals surface area contributed by atoms with Gasteiger partial charge in [-0.1, -0.05) is 0 Å². The van der Waals surface area contributed by atoms with Crippen molar-refractivity contribution >= 4 is 17.5 Å². The van der Waals surface area contributed by atoms with Crippen LogP contribution in [0, 0.1) is 0 Å². The van der Waals surface area contributed by atoms with E-state index in [1.165, 1.54) is 24.2 Å². The Morgan fingerprint density at radius 2 is 2.28 bits per heavy atom. The molecule has 2 N–H and O–H groups in total. The number of anilines is 2. The van der Waals surface area contributed by atoms with Crippen LogP contribution in [0.1, 0.15) is 17.3 Å². The molecule has 0 atom stereocenters. The van der Waals surface area contributed by atoms with Crippen LogP contribution in [0.4, 0.5) is 20.3 Å². The molecule has 0 aliphatic rings. The summed E-state index contributed by atoms with van der Waals surface area (Å²) >= 11 is 0. The van der Waals surface area contributed by atoms with Gasteiger partial charge >= 0.3 is 5.97 Å². The molecule has 0 unspecified atom stereocenters. The third-order valence-corrected chi connectivity index (χ3v) is 2.22. The van der Waals surface area contributed by atoms with E-state index >= 15 is 0 Å². The van der Waals surface area contributed by atoms with Crippen LogP contribution in [0.25, 0.3) is 0 Å². The van der Waals surface area contributed by atoms with Crippen molar-refractivity contribution in [3.05, 3.63) is 17.8 Å². The number of carbonyl (C=O) groups excluding carboxylic acids is 1. The largest absolute Gasteiger partial charge is 0.462 e. The van der Waals surface area contributed by atoms with Crippen molar-refractivity contribution in [2.75, 3.05) is 30.8 Å². The molecule has 18 heavy (non-hydrogen) atoms. The third kappa shape index (κ3) is 3.54. The van der Waals surface area contributed by atoms with Gasteiger partial charge < -0.3 is 15.4 Å². The SMILES string of the molecule is CCOC(=O)c1cc(N(C)CC(F)F)ncc1N. The summed E-state index contributed by atoms with van der Waals surface area (Å²) in [5.41, 5.74) is 5.88. The number of carbonyl (C=O) groups is 1. The zero-order chi connectivity index (χ0) is 13.7. The van der Waals surface area contributed by atoms with Crippen molar-refractivity contribution in [1.29, 1.82) is 0 Å². The molecule has 0 saturated carbocycles. The second-order valence-electron chi connectivity index (χ2n) is 3.62. The summed E-state index contributed by atoms with van der Waals surface area (Å²) in [6.07, 6.45) is -1.23. The molecule has 0 fully saturated rings. The molecule has 5 nitrogen and oxygen atoms in total. The Kier molecular flexibility index (Phi) is 4.82. The van der Waals surface area contributed by atoms with E-state index in [9.17, 15) is 13.6 Å². The van der Waals surface area contributed by atoms with E-state index < -0.39 is 18.9 Å². The van der Waals surface area contributed by atoms with Gasteiger partial charge in [0.25, 0.3) is 6.43 Å². The number of alkyl halides is 2. The summed E-state index contributed by atoms with van der Waals surface area (Å²) in [6, 6.07) is 1.34. The predicted molar refractivity (Wildman–Crippen MR) is 63.9 cm³/mol. The molecule has 1 rings (SSSR count). The summed E-state index contributed by atoms with van der Waals surface area (Å²) in [6.45, 7) is 1.40. The van der Waals surface area contributed by atoms with Crippen molar-refractivity contribution in [2.24, 2.45) is 0 Å². The molecule has 0 amide bonds. The Morgan fingerprint density at radius 1 is 1.61 bits per heavy atom. The topological polar surface area (TPSA) is 68.5 Å². The molecule has 0 bridgehead atoms. The van der Waals surface area contributed by atoms with Crippen molar-refractivity contribution in [1.82, 2.24) is 4.98 Å². The highest BCUT2D eigenvalue weighted by Crippen LogP contribution is 2.18. The van der Waals surface area contributed by atoms with E-state index in [-0.39, 0.29) is 23.7 Å². The van der Waals surface area contributed by atoms with Crippen LogP contribution in [0.3, 0.4) is 0 Å². The molecule has 0 spiro atoms. The predicted octanol–water partition coefficient (Wildman–Crippen LogP) is 1.54. The van der Waals surface area contributed by atoms with Crippen molar-refractivity contribution < 1.29 is 18.3 Å². The van der Waals surface area contributed by atoms with Crippen LogP contribution < -0.4 is 10.6 Å². The lowest BCUT2D eigenvalue weighted by molar-refractivity contribution is 0.0527. The lowest BCUT2D eigenvalue weighted by atomic mass is 10.2. The van der Waals surface area contributed by atoms with Gasteiger partial charge in [-0.05, 0) is 13.0 Å². The zero-order valence-corrected chi connectivity index (χ0v) is 10.2. The first kappa shape index (κ1) is 14.1. The Morgan fingerprint density at radius 3 is 2.83 bits per heavy atom. The molecule has 0 saturated heterocycles. The Labute approximate surface area is 104 Å². The summed E-state index contributed by atoms with van der Waals surface area (Å²) < 4.78 is 29.3. The van der Waals surface area contributed by atoms with Crippen LogP contribution in [-0.2, 0) is 4.74 Å². The van der Waals surface area contributed by atoms with Gasteiger partial charge in [-0.2, -0.15) is 0 Å². The molecule has 1 aromatic heterocycles. The molecule has 0 radical (unpaired) electrons. The van der Waals surface area contributed by atoms with E-state index in [0.29, 0.717) is 0 Å². The van der Waals surface area contributed by atoms with Crippen molar-refractivity contribution in [3.63, 3.8) is 0 Å². The van der Waals surface area contributed by atoms with Gasteiger partial charge in [-0.25, -0.2) is 18.6 Å². The molecular formula is C11H15F2N3O2. The van der Waals surface area contributed by atoms with Crippen LogP contribution in [0.5, 0.6) is 0 Å². The van der Waals surface area contributed by atoms with Gasteiger partial charge in [-0.15, -0.1) is 0 Å². The lowest BCUT2D eigenvalue weighted by Gasteiger charge is -2.18. The molecule has 100 valence electrons. The van der Waals surface area contributed by atoms with E-state index in [1.54, 1.807) is 6.92 Å². The maximum atomic E-state index is 12.2. The Hall–Kier alpha value is -1.92. The minimum Gasteiger partial charge on any atom is -0.462 e. The normalized spacial score (nSPS) is 10.5. The maximum Gasteiger partial charge on any atom is 0.340 e. The first-order chi connectivity index (χ1) is 8.45. The van der Waals surface area contributed by atoms with Gasteiger partial charge in [-0.3, -0.25) is 0 Å². The highest BCUT2D eigenvalue weighted by atomic mass is 19.3. The van der Waals surface area contributed by atoms with Gasteiger partial charge in [0.2, 0.25) is 0 Å². The van der Waals surface area contributed by atoms with E-state index in [0.717, 1.165) is 0 Å². The molecule has 1 aromatic rings. The Balaban J connectivity index is 2.96. The molecule has 0 aliphatic carbocycles. The van der Waals surface area contributed by atoms with Gasteiger partial charge in [0.05, 0.1) is 30.6 Å². The number of rotatable bonds is 5. The van der Waals surface area contributed by atoms with Crippen LogP contribution >= 0.6 is 0 Å². The van der Waals surface area contributed by atoms with Crippen LogP contribution in [0.15, 0.2) is 12.3 Å². The Bertz CT molecular complexity index is 427. The third-order valence-electron chi connectivity index (χ3n) is 2.22. The number of ether oxygens (including phenoxy) is 1. The first-order valence-corrected chi connectivity index (χ1v) is 5.37. The number of hydrogen-bond donors (Lipinski definition) is 1. The molecule has 1 heterocycles. The number of nitrogens with two attached hydrogens (primary N) is 1. The molecule has 7 heteroatoms. The first-order valence-electron chi connectivity index (χ1n) is 5.37. The number of nitrogens with zero attached hydrogens (tertiary/aromatic N) is 2. The fourth-order valence-electron chi connectivity index (χ4n) is 1.35.